The number of alkyl carbamates (subject to hydrolysis) is 1. The lowest BCUT2D eigenvalue weighted by Crippen LogP contribution is -2.56. The van der Waals surface area contributed by atoms with E-state index in [1.54, 1.807) is 12.1 Å². The first-order chi connectivity index (χ1) is 12.4. The van der Waals surface area contributed by atoms with Crippen LogP contribution in [0.1, 0.15) is 25.3 Å². The van der Waals surface area contributed by atoms with E-state index < -0.39 is 36.2 Å². The minimum atomic E-state index is -1.21. The molecule has 0 spiro atoms. The Kier molecular flexibility index (Phi) is 6.97. The van der Waals surface area contributed by atoms with Crippen LogP contribution in [0.4, 0.5) is 4.79 Å². The number of carbonyl (C=O) groups excluding carboxylic acids is 3. The van der Waals surface area contributed by atoms with E-state index in [1.807, 2.05) is 18.2 Å². The van der Waals surface area contributed by atoms with Gasteiger partial charge in [0.05, 0.1) is 13.2 Å². The van der Waals surface area contributed by atoms with Gasteiger partial charge >= 0.3 is 12.1 Å². The van der Waals surface area contributed by atoms with E-state index in [0.717, 1.165) is 5.56 Å². The molecule has 8 nitrogen and oxygen atoms in total. The first kappa shape index (κ1) is 19.7. The summed E-state index contributed by atoms with van der Waals surface area (Å²) in [6, 6.07) is 7.18. The van der Waals surface area contributed by atoms with E-state index in [9.17, 15) is 19.5 Å². The van der Waals surface area contributed by atoms with Gasteiger partial charge in [-0.1, -0.05) is 30.3 Å². The molecular formula is C18H24N2O6. The average molecular weight is 364 g/mol. The largest absolute Gasteiger partial charge is 0.467 e. The van der Waals surface area contributed by atoms with Gasteiger partial charge in [-0.2, -0.15) is 0 Å². The van der Waals surface area contributed by atoms with E-state index in [0.29, 0.717) is 19.4 Å². The lowest BCUT2D eigenvalue weighted by molar-refractivity contribution is -0.152. The highest BCUT2D eigenvalue weighted by Gasteiger charge is 2.39. The average Bonchev–Trinajstić information content (AvgIpc) is 3.13. The van der Waals surface area contributed by atoms with Crippen molar-refractivity contribution in [3.05, 3.63) is 35.9 Å². The molecule has 0 bridgehead atoms. The van der Waals surface area contributed by atoms with Gasteiger partial charge < -0.3 is 24.8 Å². The Bertz CT molecular complexity index is 634. The molecule has 1 saturated heterocycles. The van der Waals surface area contributed by atoms with E-state index in [-0.39, 0.29) is 6.61 Å². The second-order valence-corrected chi connectivity index (χ2v) is 6.14. The monoisotopic (exact) mass is 364 g/mol. The number of carbonyl (C=O) groups is 3. The number of hydrogen-bond acceptors (Lipinski definition) is 6. The third-order valence-corrected chi connectivity index (χ3v) is 4.24. The fourth-order valence-corrected chi connectivity index (χ4v) is 2.87. The van der Waals surface area contributed by atoms with Crippen LogP contribution in [0.15, 0.2) is 30.3 Å². The number of benzene rings is 1. The van der Waals surface area contributed by atoms with Crippen LogP contribution in [0, 0.1) is 0 Å². The zero-order chi connectivity index (χ0) is 19.1. The third kappa shape index (κ3) is 4.95. The molecule has 1 aromatic carbocycles. The summed E-state index contributed by atoms with van der Waals surface area (Å²) in [4.78, 5) is 37.9. The molecule has 0 aliphatic carbocycles. The molecule has 2 amide bonds. The van der Waals surface area contributed by atoms with Crippen LogP contribution in [-0.4, -0.2) is 59.8 Å². The summed E-state index contributed by atoms with van der Waals surface area (Å²) in [5, 5.41) is 12.3. The molecule has 1 aliphatic heterocycles. The number of aliphatic hydroxyl groups excluding tert-OH is 1. The second kappa shape index (κ2) is 9.19. The summed E-state index contributed by atoms with van der Waals surface area (Å²) in [5.74, 6) is -1.04. The highest BCUT2D eigenvalue weighted by molar-refractivity contribution is 5.90. The van der Waals surface area contributed by atoms with Gasteiger partial charge in [0, 0.05) is 6.54 Å². The molecule has 8 heteroatoms. The molecule has 1 fully saturated rings. The minimum absolute atomic E-state index is 0.0435. The summed E-state index contributed by atoms with van der Waals surface area (Å²) in [7, 11) is 1.26. The van der Waals surface area contributed by atoms with Crippen molar-refractivity contribution < 1.29 is 29.0 Å². The lowest BCUT2D eigenvalue weighted by atomic mass is 10.1. The third-order valence-electron chi connectivity index (χ3n) is 4.24. The van der Waals surface area contributed by atoms with Crippen molar-refractivity contribution in [3.8, 4) is 0 Å². The maximum atomic E-state index is 12.7. The number of hydrogen-bond donors (Lipinski definition) is 2. The van der Waals surface area contributed by atoms with Gasteiger partial charge in [0.25, 0.3) is 0 Å². The van der Waals surface area contributed by atoms with Crippen molar-refractivity contribution in [2.75, 3.05) is 13.7 Å². The molecule has 26 heavy (non-hydrogen) atoms. The Morgan fingerprint density at radius 2 is 2.00 bits per heavy atom. The van der Waals surface area contributed by atoms with Crippen LogP contribution in [-0.2, 0) is 25.7 Å². The molecule has 1 heterocycles. The smallest absolute Gasteiger partial charge is 0.408 e. The molecule has 2 N–H and O–H groups in total. The Labute approximate surface area is 152 Å². The van der Waals surface area contributed by atoms with Gasteiger partial charge in [0.2, 0.25) is 5.91 Å². The molecule has 2 rings (SSSR count). The number of amides is 2. The van der Waals surface area contributed by atoms with Crippen molar-refractivity contribution in [1.82, 2.24) is 10.2 Å². The standard InChI is InChI=1S/C18H24N2O6/c1-12(21)15(16(22)20-10-6-9-14(20)17(23)25-2)19-18(24)26-11-13-7-4-3-5-8-13/h3-5,7-8,12,14-15,21H,6,9-11H2,1-2H3,(H,19,24)/t12-,14-,15-/m0/s1. The summed E-state index contributed by atoms with van der Waals surface area (Å²) < 4.78 is 9.81. The van der Waals surface area contributed by atoms with E-state index in [4.69, 9.17) is 9.47 Å². The van der Waals surface area contributed by atoms with Crippen LogP contribution in [0.25, 0.3) is 0 Å². The van der Waals surface area contributed by atoms with E-state index in [1.165, 1.54) is 18.9 Å². The molecular weight excluding hydrogens is 340 g/mol. The number of rotatable bonds is 6. The predicted octanol–water partition coefficient (Wildman–Crippen LogP) is 0.826. The summed E-state index contributed by atoms with van der Waals surface area (Å²) in [6.45, 7) is 1.80. The number of methoxy groups -OCH3 is 1. The maximum absolute atomic E-state index is 12.7. The summed E-state index contributed by atoms with van der Waals surface area (Å²) in [5.41, 5.74) is 0.799. The van der Waals surface area contributed by atoms with Gasteiger partial charge in [-0.05, 0) is 25.3 Å². The normalized spacial score (nSPS) is 18.7. The van der Waals surface area contributed by atoms with Gasteiger partial charge in [0.1, 0.15) is 18.7 Å². The van der Waals surface area contributed by atoms with Crippen molar-refractivity contribution in [3.63, 3.8) is 0 Å². The zero-order valence-corrected chi connectivity index (χ0v) is 14.9. The van der Waals surface area contributed by atoms with Crippen LogP contribution < -0.4 is 5.32 Å². The minimum Gasteiger partial charge on any atom is -0.467 e. The first-order valence-electron chi connectivity index (χ1n) is 8.47. The van der Waals surface area contributed by atoms with Crippen LogP contribution >= 0.6 is 0 Å². The Morgan fingerprint density at radius 1 is 1.31 bits per heavy atom. The van der Waals surface area contributed by atoms with Gasteiger partial charge in [-0.25, -0.2) is 9.59 Å². The predicted molar refractivity (Wildman–Crippen MR) is 92.0 cm³/mol. The van der Waals surface area contributed by atoms with Gasteiger partial charge in [0.15, 0.2) is 0 Å². The number of likely N-dealkylation sites (tertiary alicyclic amines) is 1. The number of nitrogens with zero attached hydrogens (tertiary/aromatic N) is 1. The molecule has 0 unspecified atom stereocenters. The highest BCUT2D eigenvalue weighted by Crippen LogP contribution is 2.20. The number of esters is 1. The molecule has 142 valence electrons. The second-order valence-electron chi connectivity index (χ2n) is 6.14. The van der Waals surface area contributed by atoms with Gasteiger partial charge in [-0.15, -0.1) is 0 Å². The number of nitrogens with one attached hydrogen (secondary N) is 1. The molecule has 3 atom stereocenters. The van der Waals surface area contributed by atoms with E-state index in [2.05, 4.69) is 5.32 Å². The fourth-order valence-electron chi connectivity index (χ4n) is 2.87. The van der Waals surface area contributed by atoms with Crippen molar-refractivity contribution in [1.29, 1.82) is 0 Å². The topological polar surface area (TPSA) is 105 Å². The molecule has 1 aliphatic rings. The molecule has 1 aromatic rings. The van der Waals surface area contributed by atoms with Crippen molar-refractivity contribution in [2.45, 2.75) is 44.6 Å². The number of aliphatic hydroxyl groups is 1. The maximum Gasteiger partial charge on any atom is 0.408 e. The molecule has 0 radical (unpaired) electrons. The Balaban J connectivity index is 1.97. The van der Waals surface area contributed by atoms with Crippen molar-refractivity contribution in [2.24, 2.45) is 0 Å². The Morgan fingerprint density at radius 3 is 2.62 bits per heavy atom. The molecule has 0 aromatic heterocycles. The van der Waals surface area contributed by atoms with Crippen LogP contribution in [0.2, 0.25) is 0 Å². The van der Waals surface area contributed by atoms with Gasteiger partial charge in [-0.3, -0.25) is 4.79 Å². The van der Waals surface area contributed by atoms with E-state index >= 15 is 0 Å². The lowest BCUT2D eigenvalue weighted by Gasteiger charge is -2.29. The SMILES string of the molecule is COC(=O)[C@@H]1CCCN1C(=O)[C@@H](NC(=O)OCc1ccccc1)[C@H](C)O. The number of ether oxygens (including phenoxy) is 2. The quantitative estimate of drug-likeness (QED) is 0.725. The van der Waals surface area contributed by atoms with Crippen LogP contribution in [0.5, 0.6) is 0 Å². The summed E-state index contributed by atoms with van der Waals surface area (Å²) >= 11 is 0. The zero-order valence-electron chi connectivity index (χ0n) is 14.9. The highest BCUT2D eigenvalue weighted by atomic mass is 16.5. The summed E-state index contributed by atoms with van der Waals surface area (Å²) in [6.07, 6.45) is -0.826. The van der Waals surface area contributed by atoms with Crippen molar-refractivity contribution >= 4 is 18.0 Å². The van der Waals surface area contributed by atoms with Crippen LogP contribution in [0.3, 0.4) is 0 Å². The first-order valence-corrected chi connectivity index (χ1v) is 8.47. The Hall–Kier alpha value is -2.61. The fraction of sp³-hybridized carbons (Fsp3) is 0.500. The molecule has 0 saturated carbocycles.